The third kappa shape index (κ3) is 4.62. The maximum atomic E-state index is 12.7. The second-order valence-electron chi connectivity index (χ2n) is 6.71. The van der Waals surface area contributed by atoms with Gasteiger partial charge in [-0.2, -0.15) is 0 Å². The molecule has 27 heavy (non-hydrogen) atoms. The Morgan fingerprint density at radius 2 is 2.00 bits per heavy atom. The van der Waals surface area contributed by atoms with Gasteiger partial charge in [0.05, 0.1) is 6.10 Å². The summed E-state index contributed by atoms with van der Waals surface area (Å²) in [6.07, 6.45) is 1.19. The van der Waals surface area contributed by atoms with E-state index in [0.29, 0.717) is 23.7 Å². The number of amides is 2. The van der Waals surface area contributed by atoms with Gasteiger partial charge in [0.1, 0.15) is 5.75 Å². The summed E-state index contributed by atoms with van der Waals surface area (Å²) in [4.78, 5) is 29.9. The van der Waals surface area contributed by atoms with E-state index in [1.165, 1.54) is 0 Å². The fourth-order valence-electron chi connectivity index (χ4n) is 3.09. The lowest BCUT2D eigenvalue weighted by molar-refractivity contribution is -0.122. The molecule has 7 heteroatoms. The fourth-order valence-corrected chi connectivity index (χ4v) is 3.09. The molecule has 1 aliphatic heterocycles. The predicted molar refractivity (Wildman–Crippen MR) is 99.6 cm³/mol. The number of aliphatic hydroxyl groups excluding tert-OH is 1. The Labute approximate surface area is 158 Å². The van der Waals surface area contributed by atoms with E-state index in [4.69, 9.17) is 4.74 Å². The minimum atomic E-state index is -0.693. The molecular formula is C20H23N3O4. The lowest BCUT2D eigenvalue weighted by Gasteiger charge is -2.16. The molecule has 0 unspecified atom stereocenters. The zero-order valence-electron chi connectivity index (χ0n) is 15.4. The molecule has 0 spiro atoms. The van der Waals surface area contributed by atoms with Gasteiger partial charge >= 0.3 is 0 Å². The van der Waals surface area contributed by atoms with Crippen molar-refractivity contribution in [1.29, 1.82) is 0 Å². The van der Waals surface area contributed by atoms with Crippen LogP contribution >= 0.6 is 0 Å². The van der Waals surface area contributed by atoms with Gasteiger partial charge in [0.25, 0.3) is 5.91 Å². The first-order chi connectivity index (χ1) is 13.0. The van der Waals surface area contributed by atoms with Crippen molar-refractivity contribution in [3.05, 3.63) is 53.7 Å². The number of aliphatic hydroxyl groups is 1. The largest absolute Gasteiger partial charge is 0.439 e. The molecule has 1 saturated heterocycles. The molecule has 0 bridgehead atoms. The molecule has 0 radical (unpaired) electrons. The van der Waals surface area contributed by atoms with E-state index in [1.54, 1.807) is 42.4 Å². The van der Waals surface area contributed by atoms with Crippen molar-refractivity contribution in [3.8, 4) is 11.6 Å². The smallest absolute Gasteiger partial charge is 0.253 e. The molecule has 2 amide bonds. The van der Waals surface area contributed by atoms with Crippen LogP contribution in [-0.4, -0.2) is 53.0 Å². The summed E-state index contributed by atoms with van der Waals surface area (Å²) in [6, 6.07) is 10.5. The number of benzene rings is 1. The topological polar surface area (TPSA) is 91.8 Å². The molecule has 7 nitrogen and oxygen atoms in total. The lowest BCUT2D eigenvalue weighted by atomic mass is 10.0. The van der Waals surface area contributed by atoms with Gasteiger partial charge < -0.3 is 20.1 Å². The first-order valence-electron chi connectivity index (χ1n) is 8.84. The van der Waals surface area contributed by atoms with Gasteiger partial charge in [-0.25, -0.2) is 4.98 Å². The quantitative estimate of drug-likeness (QED) is 0.838. The predicted octanol–water partition coefficient (Wildman–Crippen LogP) is 1.75. The molecule has 1 aromatic carbocycles. The lowest BCUT2D eigenvalue weighted by Crippen LogP contribution is -2.29. The van der Waals surface area contributed by atoms with Gasteiger partial charge in [-0.1, -0.05) is 0 Å². The minimum absolute atomic E-state index is 0.139. The van der Waals surface area contributed by atoms with Crippen LogP contribution in [0.15, 0.2) is 42.6 Å². The standard InChI is InChI=1S/C20H23N3O4/c1-13-7-8-22-19(9-13)27-16-5-3-14(4-6-16)20(26)23-11-15(17(24)12-23)10-18(25)21-2/h3-9,15,17,24H,10-12H2,1-2H3,(H,21,25)/t15-,17-/m1/s1. The Bertz CT molecular complexity index is 822. The van der Waals surface area contributed by atoms with Gasteiger partial charge in [-0.3, -0.25) is 9.59 Å². The van der Waals surface area contributed by atoms with E-state index >= 15 is 0 Å². The number of aromatic nitrogens is 1. The first-order valence-corrected chi connectivity index (χ1v) is 8.84. The van der Waals surface area contributed by atoms with Crippen LogP contribution in [0.4, 0.5) is 0 Å². The highest BCUT2D eigenvalue weighted by molar-refractivity contribution is 5.94. The van der Waals surface area contributed by atoms with Crippen LogP contribution in [-0.2, 0) is 4.79 Å². The summed E-state index contributed by atoms with van der Waals surface area (Å²) >= 11 is 0. The summed E-state index contributed by atoms with van der Waals surface area (Å²) < 4.78 is 5.69. The maximum Gasteiger partial charge on any atom is 0.253 e. The second kappa shape index (κ2) is 8.18. The highest BCUT2D eigenvalue weighted by Gasteiger charge is 2.35. The van der Waals surface area contributed by atoms with Crippen molar-refractivity contribution in [1.82, 2.24) is 15.2 Å². The van der Waals surface area contributed by atoms with Gasteiger partial charge in [0, 0.05) is 50.3 Å². The van der Waals surface area contributed by atoms with Crippen LogP contribution in [0.1, 0.15) is 22.3 Å². The number of carbonyl (C=O) groups excluding carboxylic acids is 2. The third-order valence-electron chi connectivity index (χ3n) is 4.63. The SMILES string of the molecule is CNC(=O)C[C@@H]1CN(C(=O)c2ccc(Oc3cc(C)ccn3)cc2)C[C@H]1O. The third-order valence-corrected chi connectivity index (χ3v) is 4.63. The van der Waals surface area contributed by atoms with Crippen LogP contribution < -0.4 is 10.1 Å². The number of carbonyl (C=O) groups is 2. The molecular weight excluding hydrogens is 346 g/mol. The number of nitrogens with zero attached hydrogens (tertiary/aromatic N) is 2. The van der Waals surface area contributed by atoms with Gasteiger partial charge in [-0.05, 0) is 42.8 Å². The molecule has 1 fully saturated rings. The van der Waals surface area contributed by atoms with Gasteiger partial charge in [0.15, 0.2) is 0 Å². The van der Waals surface area contributed by atoms with Crippen LogP contribution in [0, 0.1) is 12.8 Å². The maximum absolute atomic E-state index is 12.7. The minimum Gasteiger partial charge on any atom is -0.439 e. The number of nitrogens with one attached hydrogen (secondary N) is 1. The molecule has 1 aliphatic rings. The highest BCUT2D eigenvalue weighted by Crippen LogP contribution is 2.24. The summed E-state index contributed by atoms with van der Waals surface area (Å²) in [5.74, 6) is 0.523. The zero-order valence-corrected chi connectivity index (χ0v) is 15.4. The number of pyridine rings is 1. The van der Waals surface area contributed by atoms with E-state index in [2.05, 4.69) is 10.3 Å². The molecule has 2 heterocycles. The molecule has 3 rings (SSSR count). The monoisotopic (exact) mass is 369 g/mol. The Hall–Kier alpha value is -2.93. The van der Waals surface area contributed by atoms with Crippen molar-refractivity contribution in [2.75, 3.05) is 20.1 Å². The van der Waals surface area contributed by atoms with E-state index < -0.39 is 6.10 Å². The summed E-state index contributed by atoms with van der Waals surface area (Å²) in [7, 11) is 1.56. The molecule has 2 aromatic rings. The molecule has 2 atom stereocenters. The van der Waals surface area contributed by atoms with E-state index in [0.717, 1.165) is 5.56 Å². The average molecular weight is 369 g/mol. The molecule has 1 aromatic heterocycles. The number of likely N-dealkylation sites (tertiary alicyclic amines) is 1. The number of hydrogen-bond acceptors (Lipinski definition) is 5. The number of β-amino-alcohol motifs (C(OH)–C–C–N with tert-alkyl or cyclic N) is 1. The van der Waals surface area contributed by atoms with Crippen LogP contribution in [0.25, 0.3) is 0 Å². The Kier molecular flexibility index (Phi) is 5.71. The van der Waals surface area contributed by atoms with Crippen molar-refractivity contribution in [2.24, 2.45) is 5.92 Å². The second-order valence-corrected chi connectivity index (χ2v) is 6.71. The molecule has 0 aliphatic carbocycles. The van der Waals surface area contributed by atoms with Gasteiger partial charge in [0.2, 0.25) is 11.8 Å². The van der Waals surface area contributed by atoms with Crippen LogP contribution in [0.3, 0.4) is 0 Å². The molecule has 0 saturated carbocycles. The normalized spacial score (nSPS) is 19.0. The summed E-state index contributed by atoms with van der Waals surface area (Å²) in [6.45, 7) is 2.54. The number of rotatable bonds is 5. The van der Waals surface area contributed by atoms with Crippen LogP contribution in [0.5, 0.6) is 11.6 Å². The zero-order chi connectivity index (χ0) is 19.4. The fraction of sp³-hybridized carbons (Fsp3) is 0.350. The Morgan fingerprint density at radius 1 is 1.26 bits per heavy atom. The van der Waals surface area contributed by atoms with Gasteiger partial charge in [-0.15, -0.1) is 0 Å². The highest BCUT2D eigenvalue weighted by atomic mass is 16.5. The summed E-state index contributed by atoms with van der Waals surface area (Å²) in [5, 5.41) is 12.7. The molecule has 142 valence electrons. The van der Waals surface area contributed by atoms with Crippen molar-refractivity contribution in [2.45, 2.75) is 19.4 Å². The molecule has 2 N–H and O–H groups in total. The average Bonchev–Trinajstić information content (AvgIpc) is 3.02. The van der Waals surface area contributed by atoms with Crippen molar-refractivity contribution >= 4 is 11.8 Å². The van der Waals surface area contributed by atoms with Crippen LogP contribution in [0.2, 0.25) is 0 Å². The van der Waals surface area contributed by atoms with E-state index in [9.17, 15) is 14.7 Å². The number of hydrogen-bond donors (Lipinski definition) is 2. The van der Waals surface area contributed by atoms with Crippen molar-refractivity contribution < 1.29 is 19.4 Å². The summed E-state index contributed by atoms with van der Waals surface area (Å²) in [5.41, 5.74) is 1.55. The number of aryl methyl sites for hydroxylation is 1. The number of ether oxygens (including phenoxy) is 1. The van der Waals surface area contributed by atoms with E-state index in [-0.39, 0.29) is 30.7 Å². The van der Waals surface area contributed by atoms with Crippen molar-refractivity contribution in [3.63, 3.8) is 0 Å². The van der Waals surface area contributed by atoms with E-state index in [1.807, 2.05) is 19.1 Å². The Balaban J connectivity index is 1.63. The first kappa shape index (κ1) is 18.8. The Morgan fingerprint density at radius 3 is 2.67 bits per heavy atom.